The molecule has 0 spiro atoms. The van der Waals surface area contributed by atoms with Gasteiger partial charge in [0, 0.05) is 38.5 Å². The van der Waals surface area contributed by atoms with Crippen LogP contribution in [0.15, 0.2) is 17.5 Å². The Hall–Kier alpha value is -2.17. The number of amides is 1. The summed E-state index contributed by atoms with van der Waals surface area (Å²) in [6.07, 6.45) is 2.04. The summed E-state index contributed by atoms with van der Waals surface area (Å²) in [4.78, 5) is 30.3. The van der Waals surface area contributed by atoms with Gasteiger partial charge in [0.25, 0.3) is 0 Å². The van der Waals surface area contributed by atoms with Gasteiger partial charge in [-0.25, -0.2) is 4.68 Å². The van der Waals surface area contributed by atoms with E-state index in [-0.39, 0.29) is 17.6 Å². The number of rotatable bonds is 7. The first-order chi connectivity index (χ1) is 14.2. The van der Waals surface area contributed by atoms with Crippen molar-refractivity contribution in [3.63, 3.8) is 0 Å². The molecule has 29 heavy (non-hydrogen) atoms. The number of likely N-dealkylation sites (tertiary alicyclic amines) is 1. The summed E-state index contributed by atoms with van der Waals surface area (Å²) in [6, 6.07) is 3.76. The SMILES string of the molecule is O=C(c1cccs1)[C@H]1CCCN(C(=O)CCn2nnnc2CN2CCOCC2)C1. The number of carbonyl (C=O) groups is 2. The van der Waals surface area contributed by atoms with E-state index in [4.69, 9.17) is 4.74 Å². The van der Waals surface area contributed by atoms with Crippen LogP contribution >= 0.6 is 11.3 Å². The zero-order valence-electron chi connectivity index (χ0n) is 16.4. The monoisotopic (exact) mass is 418 g/mol. The maximum absolute atomic E-state index is 12.8. The van der Waals surface area contributed by atoms with Gasteiger partial charge in [0.15, 0.2) is 11.6 Å². The molecule has 0 saturated carbocycles. The number of aryl methyl sites for hydroxylation is 1. The number of nitrogens with zero attached hydrogens (tertiary/aromatic N) is 6. The van der Waals surface area contributed by atoms with Gasteiger partial charge in [-0.3, -0.25) is 14.5 Å². The zero-order chi connectivity index (χ0) is 20.1. The lowest BCUT2D eigenvalue weighted by Gasteiger charge is -2.32. The Morgan fingerprint density at radius 2 is 2.10 bits per heavy atom. The number of hydrogen-bond acceptors (Lipinski definition) is 8. The first kappa shape index (κ1) is 20.1. The van der Waals surface area contributed by atoms with Gasteiger partial charge in [-0.15, -0.1) is 16.4 Å². The Kier molecular flexibility index (Phi) is 6.63. The number of carbonyl (C=O) groups excluding carboxylic acids is 2. The Morgan fingerprint density at radius 1 is 1.24 bits per heavy atom. The molecular weight excluding hydrogens is 392 g/mol. The third-order valence-corrected chi connectivity index (χ3v) is 6.41. The van der Waals surface area contributed by atoms with Gasteiger partial charge in [0.1, 0.15) is 0 Å². The van der Waals surface area contributed by atoms with Crippen molar-refractivity contribution in [3.8, 4) is 0 Å². The molecule has 9 nitrogen and oxygen atoms in total. The van der Waals surface area contributed by atoms with E-state index in [9.17, 15) is 9.59 Å². The van der Waals surface area contributed by atoms with Crippen molar-refractivity contribution < 1.29 is 14.3 Å². The van der Waals surface area contributed by atoms with Gasteiger partial charge in [-0.1, -0.05) is 6.07 Å². The number of ether oxygens (including phenoxy) is 1. The summed E-state index contributed by atoms with van der Waals surface area (Å²) in [7, 11) is 0. The van der Waals surface area contributed by atoms with E-state index in [1.165, 1.54) is 11.3 Å². The topological polar surface area (TPSA) is 93.5 Å². The fourth-order valence-electron chi connectivity index (χ4n) is 3.87. The number of hydrogen-bond donors (Lipinski definition) is 0. The highest BCUT2D eigenvalue weighted by Crippen LogP contribution is 2.23. The molecule has 2 aliphatic heterocycles. The van der Waals surface area contributed by atoms with Crippen molar-refractivity contribution in [1.82, 2.24) is 30.0 Å². The molecule has 1 atom stereocenters. The molecule has 4 heterocycles. The van der Waals surface area contributed by atoms with Crippen LogP contribution in [0.2, 0.25) is 0 Å². The second kappa shape index (κ2) is 9.55. The maximum atomic E-state index is 12.8. The van der Waals surface area contributed by atoms with Gasteiger partial charge in [0.05, 0.1) is 31.2 Å². The summed E-state index contributed by atoms with van der Waals surface area (Å²) in [5.41, 5.74) is 0. The van der Waals surface area contributed by atoms with E-state index in [0.29, 0.717) is 32.6 Å². The summed E-state index contributed by atoms with van der Waals surface area (Å²) in [5.74, 6) is 0.882. The number of thiophene rings is 1. The average molecular weight is 419 g/mol. The molecule has 2 aromatic rings. The minimum absolute atomic E-state index is 0.0569. The molecule has 2 aromatic heterocycles. The number of ketones is 1. The zero-order valence-corrected chi connectivity index (χ0v) is 17.2. The summed E-state index contributed by atoms with van der Waals surface area (Å²) >= 11 is 1.47. The number of aromatic nitrogens is 4. The lowest BCUT2D eigenvalue weighted by atomic mass is 9.93. The van der Waals surface area contributed by atoms with Gasteiger partial charge in [0.2, 0.25) is 5.91 Å². The minimum atomic E-state index is -0.101. The molecule has 156 valence electrons. The van der Waals surface area contributed by atoms with Gasteiger partial charge in [-0.05, 0) is 34.7 Å². The van der Waals surface area contributed by atoms with E-state index in [1.807, 2.05) is 22.4 Å². The standard InChI is InChI=1S/C19H26N6O3S/c26-18(24-6-1-3-15(13-24)19(27)16-4-2-12-29-16)5-7-25-17(20-21-22-25)14-23-8-10-28-11-9-23/h2,4,12,15H,1,3,5-11,13-14H2/t15-/m0/s1. The predicted octanol–water partition coefficient (Wildman–Crippen LogP) is 1.08. The van der Waals surface area contributed by atoms with E-state index in [0.717, 1.165) is 49.8 Å². The van der Waals surface area contributed by atoms with Crippen molar-refractivity contribution in [2.45, 2.75) is 32.4 Å². The summed E-state index contributed by atoms with van der Waals surface area (Å²) < 4.78 is 7.08. The van der Waals surface area contributed by atoms with E-state index < -0.39 is 0 Å². The lowest BCUT2D eigenvalue weighted by Crippen LogP contribution is -2.42. The molecule has 0 bridgehead atoms. The largest absolute Gasteiger partial charge is 0.379 e. The van der Waals surface area contributed by atoms with Crippen LogP contribution in [0.1, 0.15) is 34.8 Å². The highest BCUT2D eigenvalue weighted by molar-refractivity contribution is 7.12. The van der Waals surface area contributed by atoms with Gasteiger partial charge < -0.3 is 9.64 Å². The minimum Gasteiger partial charge on any atom is -0.379 e. The van der Waals surface area contributed by atoms with Crippen LogP contribution in [0.5, 0.6) is 0 Å². The van der Waals surface area contributed by atoms with Crippen LogP contribution in [0.25, 0.3) is 0 Å². The molecule has 10 heteroatoms. The Labute approximate surface area is 173 Å². The summed E-state index contributed by atoms with van der Waals surface area (Å²) in [6.45, 7) is 5.49. The van der Waals surface area contributed by atoms with Gasteiger partial charge >= 0.3 is 0 Å². The fraction of sp³-hybridized carbons (Fsp3) is 0.632. The molecule has 2 fully saturated rings. The third kappa shape index (κ3) is 5.06. The Balaban J connectivity index is 1.29. The number of piperidine rings is 1. The van der Waals surface area contributed by atoms with Crippen molar-refractivity contribution in [2.75, 3.05) is 39.4 Å². The Morgan fingerprint density at radius 3 is 2.90 bits per heavy atom. The predicted molar refractivity (Wildman–Crippen MR) is 106 cm³/mol. The smallest absolute Gasteiger partial charge is 0.224 e. The maximum Gasteiger partial charge on any atom is 0.224 e. The highest BCUT2D eigenvalue weighted by atomic mass is 32.1. The van der Waals surface area contributed by atoms with Crippen LogP contribution in [0, 0.1) is 5.92 Å². The molecule has 0 aromatic carbocycles. The van der Waals surface area contributed by atoms with Crippen molar-refractivity contribution in [2.24, 2.45) is 5.92 Å². The molecule has 0 aliphatic carbocycles. The third-order valence-electron chi connectivity index (χ3n) is 5.52. The van der Waals surface area contributed by atoms with Crippen LogP contribution < -0.4 is 0 Å². The van der Waals surface area contributed by atoms with Crippen LogP contribution in [0.4, 0.5) is 0 Å². The fourth-order valence-corrected chi connectivity index (χ4v) is 4.61. The van der Waals surface area contributed by atoms with Crippen molar-refractivity contribution >= 4 is 23.0 Å². The normalized spacial score (nSPS) is 20.7. The molecule has 4 rings (SSSR count). The lowest BCUT2D eigenvalue weighted by molar-refractivity contribution is -0.132. The second-order valence-corrected chi connectivity index (χ2v) is 8.42. The first-order valence-corrected chi connectivity index (χ1v) is 11.0. The van der Waals surface area contributed by atoms with Gasteiger partial charge in [-0.2, -0.15) is 0 Å². The second-order valence-electron chi connectivity index (χ2n) is 7.48. The molecule has 0 N–H and O–H groups in total. The van der Waals surface area contributed by atoms with E-state index in [1.54, 1.807) is 4.68 Å². The molecule has 2 aliphatic rings. The molecule has 0 radical (unpaired) electrons. The van der Waals surface area contributed by atoms with Crippen LogP contribution in [-0.2, 0) is 22.6 Å². The number of morpholine rings is 1. The molecule has 2 saturated heterocycles. The molecule has 0 unspecified atom stereocenters. The van der Waals surface area contributed by atoms with Crippen LogP contribution in [0.3, 0.4) is 0 Å². The average Bonchev–Trinajstić information content (AvgIpc) is 3.45. The van der Waals surface area contributed by atoms with E-state index in [2.05, 4.69) is 20.4 Å². The van der Waals surface area contributed by atoms with Crippen molar-refractivity contribution in [3.05, 3.63) is 28.2 Å². The first-order valence-electron chi connectivity index (χ1n) is 10.1. The molecular formula is C19H26N6O3S. The summed E-state index contributed by atoms with van der Waals surface area (Å²) in [5, 5.41) is 13.9. The number of tetrazole rings is 1. The van der Waals surface area contributed by atoms with Crippen LogP contribution in [-0.4, -0.2) is 81.1 Å². The quantitative estimate of drug-likeness (QED) is 0.621. The highest BCUT2D eigenvalue weighted by Gasteiger charge is 2.29. The molecule has 1 amide bonds. The Bertz CT molecular complexity index is 818. The van der Waals surface area contributed by atoms with Crippen molar-refractivity contribution in [1.29, 1.82) is 0 Å². The van der Waals surface area contributed by atoms with E-state index >= 15 is 0 Å². The number of Topliss-reactive ketones (excluding diaryl/α,β-unsaturated/α-hetero) is 1.